The molecular formula is C15H20F4O. The van der Waals surface area contributed by atoms with E-state index in [1.807, 2.05) is 0 Å². The van der Waals surface area contributed by atoms with Crippen molar-refractivity contribution in [1.29, 1.82) is 0 Å². The van der Waals surface area contributed by atoms with Gasteiger partial charge in [-0.15, -0.1) is 0 Å². The Morgan fingerprint density at radius 1 is 0.750 bits per heavy atom. The first-order valence-electron chi connectivity index (χ1n) is 6.96. The first-order chi connectivity index (χ1) is 9.50. The Labute approximate surface area is 116 Å². The molecule has 0 amide bonds. The maximum absolute atomic E-state index is 13.5. The Kier molecular flexibility index (Phi) is 6.82. The summed E-state index contributed by atoms with van der Waals surface area (Å²) in [5.74, 6) is -6.69. The normalized spacial score (nSPS) is 10.9. The summed E-state index contributed by atoms with van der Waals surface area (Å²) >= 11 is 0. The lowest BCUT2D eigenvalue weighted by atomic mass is 10.1. The van der Waals surface area contributed by atoms with Gasteiger partial charge < -0.3 is 4.74 Å². The van der Waals surface area contributed by atoms with Crippen LogP contribution in [0.3, 0.4) is 0 Å². The van der Waals surface area contributed by atoms with Crippen molar-refractivity contribution >= 4 is 0 Å². The summed E-state index contributed by atoms with van der Waals surface area (Å²) in [6.07, 6.45) is 5.86. The first kappa shape index (κ1) is 16.8. The number of halogens is 4. The zero-order valence-corrected chi connectivity index (χ0v) is 11.9. The molecule has 0 aliphatic heterocycles. The van der Waals surface area contributed by atoms with Gasteiger partial charge in [-0.1, -0.05) is 39.0 Å². The van der Waals surface area contributed by atoms with Crippen molar-refractivity contribution in [1.82, 2.24) is 0 Å². The molecule has 0 spiro atoms. The van der Waals surface area contributed by atoms with Crippen LogP contribution in [0.25, 0.3) is 0 Å². The molecule has 0 radical (unpaired) electrons. The molecule has 1 nitrogen and oxygen atoms in total. The third-order valence-electron chi connectivity index (χ3n) is 3.19. The molecule has 0 heterocycles. The zero-order chi connectivity index (χ0) is 15.1. The Bertz CT molecular complexity index is 417. The van der Waals surface area contributed by atoms with E-state index in [9.17, 15) is 17.6 Å². The standard InChI is InChI=1S/C15H20F4O/c1-3-4-5-6-7-8-9-20-15-13(18)11(16)10(2)12(17)14(15)19/h3-9H2,1-2H3. The highest BCUT2D eigenvalue weighted by Gasteiger charge is 2.24. The van der Waals surface area contributed by atoms with Crippen LogP contribution in [0, 0.1) is 30.2 Å². The van der Waals surface area contributed by atoms with Gasteiger partial charge in [-0.05, 0) is 13.3 Å². The SMILES string of the molecule is CCCCCCCCOc1c(F)c(F)c(C)c(F)c1F. The van der Waals surface area contributed by atoms with Gasteiger partial charge in [0.15, 0.2) is 17.4 Å². The predicted molar refractivity (Wildman–Crippen MR) is 69.9 cm³/mol. The van der Waals surface area contributed by atoms with E-state index in [1.54, 1.807) is 0 Å². The molecule has 0 aliphatic rings. The van der Waals surface area contributed by atoms with Crippen LogP contribution >= 0.6 is 0 Å². The van der Waals surface area contributed by atoms with E-state index < -0.39 is 34.6 Å². The second-order valence-corrected chi connectivity index (χ2v) is 4.83. The van der Waals surface area contributed by atoms with Gasteiger partial charge in [-0.3, -0.25) is 0 Å². The maximum atomic E-state index is 13.5. The summed E-state index contributed by atoms with van der Waals surface area (Å²) in [6, 6.07) is 0. The van der Waals surface area contributed by atoms with E-state index in [0.29, 0.717) is 6.42 Å². The Balaban J connectivity index is 2.52. The van der Waals surface area contributed by atoms with Crippen molar-refractivity contribution in [2.24, 2.45) is 0 Å². The lowest BCUT2D eigenvalue weighted by molar-refractivity contribution is 0.262. The molecule has 0 saturated carbocycles. The number of hydrogen-bond donors (Lipinski definition) is 0. The Hall–Kier alpha value is -1.26. The minimum atomic E-state index is -1.47. The Morgan fingerprint density at radius 2 is 1.25 bits per heavy atom. The summed E-state index contributed by atoms with van der Waals surface area (Å²) in [5, 5.41) is 0. The third kappa shape index (κ3) is 4.12. The smallest absolute Gasteiger partial charge is 0.204 e. The molecule has 20 heavy (non-hydrogen) atoms. The van der Waals surface area contributed by atoms with E-state index >= 15 is 0 Å². The summed E-state index contributed by atoms with van der Waals surface area (Å²) in [5.41, 5.74) is -0.674. The fourth-order valence-electron chi connectivity index (χ4n) is 1.90. The van der Waals surface area contributed by atoms with Crippen LogP contribution in [0.1, 0.15) is 51.0 Å². The molecule has 1 aromatic rings. The molecule has 0 unspecified atom stereocenters. The van der Waals surface area contributed by atoms with E-state index in [2.05, 4.69) is 6.92 Å². The van der Waals surface area contributed by atoms with Crippen LogP contribution in [-0.4, -0.2) is 6.61 Å². The average molecular weight is 292 g/mol. The molecule has 114 valence electrons. The number of rotatable bonds is 8. The minimum Gasteiger partial charge on any atom is -0.487 e. The van der Waals surface area contributed by atoms with Crippen LogP contribution in [0.2, 0.25) is 0 Å². The van der Waals surface area contributed by atoms with Gasteiger partial charge in [0.2, 0.25) is 11.6 Å². The van der Waals surface area contributed by atoms with Gasteiger partial charge in [0, 0.05) is 5.56 Å². The zero-order valence-electron chi connectivity index (χ0n) is 11.9. The largest absolute Gasteiger partial charge is 0.487 e. The fourth-order valence-corrected chi connectivity index (χ4v) is 1.90. The summed E-state index contributed by atoms with van der Waals surface area (Å²) < 4.78 is 58.4. The number of unbranched alkanes of at least 4 members (excludes halogenated alkanes) is 5. The van der Waals surface area contributed by atoms with Crippen molar-refractivity contribution in [3.63, 3.8) is 0 Å². The van der Waals surface area contributed by atoms with Crippen molar-refractivity contribution in [3.05, 3.63) is 28.8 Å². The predicted octanol–water partition coefficient (Wildman–Crippen LogP) is 5.29. The molecule has 0 saturated heterocycles. The van der Waals surface area contributed by atoms with Crippen LogP contribution in [0.15, 0.2) is 0 Å². The highest BCUT2D eigenvalue weighted by atomic mass is 19.2. The molecule has 0 bridgehead atoms. The first-order valence-corrected chi connectivity index (χ1v) is 6.96. The molecular weight excluding hydrogens is 272 g/mol. The second kappa shape index (κ2) is 8.12. The van der Waals surface area contributed by atoms with Gasteiger partial charge in [0.1, 0.15) is 0 Å². The summed E-state index contributed by atoms with van der Waals surface area (Å²) in [4.78, 5) is 0. The van der Waals surface area contributed by atoms with Crippen LogP contribution in [0.5, 0.6) is 5.75 Å². The van der Waals surface area contributed by atoms with E-state index in [0.717, 1.165) is 39.0 Å². The van der Waals surface area contributed by atoms with Gasteiger partial charge in [-0.25, -0.2) is 8.78 Å². The highest BCUT2D eigenvalue weighted by Crippen LogP contribution is 2.29. The molecule has 0 N–H and O–H groups in total. The third-order valence-corrected chi connectivity index (χ3v) is 3.19. The van der Waals surface area contributed by atoms with Crippen molar-refractivity contribution in [3.8, 4) is 5.75 Å². The van der Waals surface area contributed by atoms with Crippen LogP contribution in [-0.2, 0) is 0 Å². The Morgan fingerprint density at radius 3 is 1.80 bits per heavy atom. The second-order valence-electron chi connectivity index (χ2n) is 4.83. The van der Waals surface area contributed by atoms with Crippen molar-refractivity contribution in [2.75, 3.05) is 6.61 Å². The topological polar surface area (TPSA) is 9.23 Å². The lowest BCUT2D eigenvalue weighted by Crippen LogP contribution is -2.07. The molecule has 1 aromatic carbocycles. The van der Waals surface area contributed by atoms with Gasteiger partial charge in [0.25, 0.3) is 0 Å². The monoisotopic (exact) mass is 292 g/mol. The van der Waals surface area contributed by atoms with E-state index in [-0.39, 0.29) is 6.61 Å². The molecule has 1 rings (SSSR count). The number of hydrogen-bond acceptors (Lipinski definition) is 1. The van der Waals surface area contributed by atoms with E-state index in [4.69, 9.17) is 4.74 Å². The number of ether oxygens (including phenoxy) is 1. The average Bonchev–Trinajstić information content (AvgIpc) is 2.45. The molecule has 0 aromatic heterocycles. The van der Waals surface area contributed by atoms with Gasteiger partial charge in [0.05, 0.1) is 6.61 Å². The van der Waals surface area contributed by atoms with E-state index in [1.165, 1.54) is 0 Å². The summed E-state index contributed by atoms with van der Waals surface area (Å²) in [6.45, 7) is 3.13. The van der Waals surface area contributed by atoms with Crippen LogP contribution < -0.4 is 4.74 Å². The van der Waals surface area contributed by atoms with Gasteiger partial charge in [-0.2, -0.15) is 8.78 Å². The highest BCUT2D eigenvalue weighted by molar-refractivity contribution is 5.33. The van der Waals surface area contributed by atoms with Crippen molar-refractivity contribution in [2.45, 2.75) is 52.4 Å². The van der Waals surface area contributed by atoms with Crippen molar-refractivity contribution < 1.29 is 22.3 Å². The molecule has 0 atom stereocenters. The summed E-state index contributed by atoms with van der Waals surface area (Å²) in [7, 11) is 0. The maximum Gasteiger partial charge on any atom is 0.204 e. The van der Waals surface area contributed by atoms with Crippen LogP contribution in [0.4, 0.5) is 17.6 Å². The molecule has 5 heteroatoms. The number of benzene rings is 1. The molecule has 0 fully saturated rings. The van der Waals surface area contributed by atoms with Gasteiger partial charge >= 0.3 is 0 Å². The quantitative estimate of drug-likeness (QED) is 0.359. The molecule has 0 aliphatic carbocycles. The minimum absolute atomic E-state index is 0.0436. The lowest BCUT2D eigenvalue weighted by Gasteiger charge is -2.11. The fraction of sp³-hybridized carbons (Fsp3) is 0.600.